The third-order valence-electron chi connectivity index (χ3n) is 13.0. The lowest BCUT2D eigenvalue weighted by Gasteiger charge is -2.35. The van der Waals surface area contributed by atoms with Gasteiger partial charge in [-0.15, -0.1) is 0 Å². The zero-order valence-corrected chi connectivity index (χ0v) is 36.5. The van der Waals surface area contributed by atoms with Crippen LogP contribution in [0.3, 0.4) is 0 Å². The van der Waals surface area contributed by atoms with Crippen molar-refractivity contribution in [2.24, 2.45) is 27.8 Å². The minimum atomic E-state index is -0.660. The molecule has 0 spiro atoms. The second-order valence-electron chi connectivity index (χ2n) is 17.4. The number of benzene rings is 3. The van der Waals surface area contributed by atoms with Gasteiger partial charge >= 0.3 is 0 Å². The summed E-state index contributed by atoms with van der Waals surface area (Å²) in [4.78, 5) is 61.5. The van der Waals surface area contributed by atoms with Crippen molar-refractivity contribution < 1.29 is 19.2 Å². The Balaban J connectivity index is 1.04. The van der Waals surface area contributed by atoms with Crippen LogP contribution in [0.15, 0.2) is 76.8 Å². The number of hydrazone groups is 1. The first-order chi connectivity index (χ1) is 30.5. The van der Waals surface area contributed by atoms with Crippen LogP contribution in [0.2, 0.25) is 0 Å². The molecule has 14 heteroatoms. The molecule has 3 fully saturated rings. The number of para-hydroxylation sites is 1. The number of imide groups is 1. The predicted molar refractivity (Wildman–Crippen MR) is 251 cm³/mol. The van der Waals surface area contributed by atoms with Gasteiger partial charge in [-0.3, -0.25) is 29.5 Å². The number of hydrogen-bond acceptors (Lipinski definition) is 10. The number of anilines is 2. The Morgan fingerprint density at radius 2 is 1.76 bits per heavy atom. The average Bonchev–Trinajstić information content (AvgIpc) is 4.06. The lowest BCUT2D eigenvalue weighted by molar-refractivity contribution is -0.134. The molecule has 3 aromatic carbocycles. The van der Waals surface area contributed by atoms with E-state index in [1.807, 2.05) is 30.1 Å². The highest BCUT2D eigenvalue weighted by molar-refractivity contribution is 6.18. The first-order valence-electron chi connectivity index (χ1n) is 22.2. The number of amides is 4. The van der Waals surface area contributed by atoms with E-state index in [-0.39, 0.29) is 29.9 Å². The molecular weight excluding hydrogens is 793 g/mol. The summed E-state index contributed by atoms with van der Waals surface area (Å²) in [7, 11) is 5.42. The molecule has 328 valence electrons. The molecule has 1 unspecified atom stereocenters. The molecule has 4 aromatic rings. The lowest BCUT2D eigenvalue weighted by atomic mass is 9.86. The number of aliphatic imine (C=N–C) groups is 1. The van der Waals surface area contributed by atoms with Gasteiger partial charge in [0.05, 0.1) is 34.7 Å². The molecule has 5 N–H and O–H groups in total. The average molecular weight is 851 g/mol. The first-order valence-corrected chi connectivity index (χ1v) is 22.2. The molecule has 0 bridgehead atoms. The summed E-state index contributed by atoms with van der Waals surface area (Å²) in [5.74, 6) is 4.77. The van der Waals surface area contributed by atoms with Crippen LogP contribution in [0.1, 0.15) is 84.5 Å². The third-order valence-corrected chi connectivity index (χ3v) is 13.0. The number of carbonyl (C=O) groups is 4. The Morgan fingerprint density at radius 3 is 2.46 bits per heavy atom. The van der Waals surface area contributed by atoms with Crippen molar-refractivity contribution in [3.05, 3.63) is 89.1 Å². The van der Waals surface area contributed by atoms with Gasteiger partial charge in [0.2, 0.25) is 17.7 Å². The van der Waals surface area contributed by atoms with Crippen molar-refractivity contribution in [3.8, 4) is 11.1 Å². The summed E-state index contributed by atoms with van der Waals surface area (Å²) in [6.07, 6.45) is 11.1. The summed E-state index contributed by atoms with van der Waals surface area (Å²) < 4.78 is 2.45. The third kappa shape index (κ3) is 9.30. The minimum Gasteiger partial charge on any atom is -0.386 e. The largest absolute Gasteiger partial charge is 0.386 e. The van der Waals surface area contributed by atoms with E-state index >= 15 is 0 Å². The number of aromatic nitrogens is 1. The fourth-order valence-electron chi connectivity index (χ4n) is 9.49. The topological polar surface area (TPSA) is 182 Å². The van der Waals surface area contributed by atoms with Crippen LogP contribution < -0.4 is 21.4 Å². The number of carbonyl (C=O) groups excluding carboxylic acids is 4. The van der Waals surface area contributed by atoms with Crippen molar-refractivity contribution >= 4 is 69.6 Å². The van der Waals surface area contributed by atoms with Crippen LogP contribution in [0, 0.1) is 17.2 Å². The number of rotatable bonds is 14. The second-order valence-corrected chi connectivity index (χ2v) is 17.4. The number of hydrogen-bond donors (Lipinski definition) is 4. The standard InChI is InChI=1S/C49H58N10O4/c1-52-46-38(45(50)39-15-16-43(60)55-48(39)62)7-4-8-41(46)57-24-18-33(19-25-57)32-11-13-34(14-12-32)40-27-37(49(63)56(2)3)26-36-28-42(59(47(36)40)29-31-9-10-31)35-6-5-23-58(30-35)44(61)17-20-53-21-22-54-51/h4,6-8,11-14,21-22,26-28,31,33,39,50,52H,5,9-10,15-20,23-25,29-30,51H2,1-3H3,(H,55,60,62)/b50-45?,53-21?,54-22-. The van der Waals surface area contributed by atoms with E-state index in [4.69, 9.17) is 11.3 Å². The molecule has 8 rings (SSSR count). The SMILES string of the molecule is CNc1c(C(=N)C2CCC(=O)NC2=O)cccc1N1CCC(c2ccc(-c3cc(C(=O)N(C)C)cc4cc(C5=CCCN(C(=O)CCN=C/C=N\N)C5)n(CC5CC5)c34)cc2)CC1. The number of nitrogens with one attached hydrogen (secondary N) is 3. The summed E-state index contributed by atoms with van der Waals surface area (Å²) in [5, 5.41) is 19.1. The van der Waals surface area contributed by atoms with E-state index in [1.165, 1.54) is 30.8 Å². The molecule has 1 aromatic heterocycles. The van der Waals surface area contributed by atoms with E-state index in [0.29, 0.717) is 55.4 Å². The number of piperidine rings is 2. The van der Waals surface area contributed by atoms with Crippen molar-refractivity contribution in [1.29, 1.82) is 5.41 Å². The monoisotopic (exact) mass is 850 g/mol. The smallest absolute Gasteiger partial charge is 0.253 e. The molecule has 14 nitrogen and oxygen atoms in total. The van der Waals surface area contributed by atoms with Crippen LogP contribution in [-0.2, 0) is 20.9 Å². The summed E-state index contributed by atoms with van der Waals surface area (Å²) in [6.45, 7) is 4.11. The minimum absolute atomic E-state index is 0.0492. The van der Waals surface area contributed by atoms with E-state index in [1.54, 1.807) is 19.0 Å². The molecule has 1 aliphatic carbocycles. The molecule has 2 saturated heterocycles. The highest BCUT2D eigenvalue weighted by Crippen LogP contribution is 2.41. The van der Waals surface area contributed by atoms with Gasteiger partial charge in [0, 0.05) is 107 Å². The van der Waals surface area contributed by atoms with Crippen LogP contribution in [0.25, 0.3) is 27.6 Å². The molecular formula is C49H58N10O4. The second kappa shape index (κ2) is 18.8. The fourth-order valence-corrected chi connectivity index (χ4v) is 9.49. The van der Waals surface area contributed by atoms with Gasteiger partial charge < -0.3 is 35.8 Å². The molecule has 4 aliphatic rings. The predicted octanol–water partition coefficient (Wildman–Crippen LogP) is 6.29. The molecule has 0 radical (unpaired) electrons. The fraction of sp³-hybridized carbons (Fsp3) is 0.408. The first kappa shape index (κ1) is 43.1. The Labute approximate surface area is 368 Å². The van der Waals surface area contributed by atoms with Gasteiger partial charge in [-0.1, -0.05) is 42.5 Å². The summed E-state index contributed by atoms with van der Waals surface area (Å²) in [6, 6.07) is 21.1. The number of nitrogens with two attached hydrogens (primary N) is 1. The van der Waals surface area contributed by atoms with Crippen LogP contribution in [0.5, 0.6) is 0 Å². The van der Waals surface area contributed by atoms with Crippen molar-refractivity contribution in [3.63, 3.8) is 0 Å². The number of fused-ring (bicyclic) bond motifs is 1. The lowest BCUT2D eigenvalue weighted by Crippen LogP contribution is -2.44. The van der Waals surface area contributed by atoms with E-state index < -0.39 is 11.8 Å². The Bertz CT molecular complexity index is 2510. The van der Waals surface area contributed by atoms with E-state index in [9.17, 15) is 19.2 Å². The maximum absolute atomic E-state index is 13.6. The van der Waals surface area contributed by atoms with Crippen molar-refractivity contribution in [2.75, 3.05) is 64.1 Å². The zero-order chi connectivity index (χ0) is 44.2. The Kier molecular flexibility index (Phi) is 12.9. The Morgan fingerprint density at radius 1 is 0.984 bits per heavy atom. The van der Waals surface area contributed by atoms with Gasteiger partial charge in [-0.25, -0.2) is 0 Å². The van der Waals surface area contributed by atoms with E-state index in [2.05, 4.69) is 78.7 Å². The van der Waals surface area contributed by atoms with Crippen molar-refractivity contribution in [1.82, 2.24) is 19.7 Å². The molecule has 4 amide bonds. The van der Waals surface area contributed by atoms with Gasteiger partial charge in [-0.2, -0.15) is 5.10 Å². The normalized spacial score (nSPS) is 18.6. The molecule has 1 atom stereocenters. The van der Waals surface area contributed by atoms with Crippen molar-refractivity contribution in [2.45, 2.75) is 63.8 Å². The quantitative estimate of drug-likeness (QED) is 0.0498. The zero-order valence-electron chi connectivity index (χ0n) is 36.5. The Hall–Kier alpha value is -6.57. The van der Waals surface area contributed by atoms with Crippen LogP contribution >= 0.6 is 0 Å². The maximum Gasteiger partial charge on any atom is 0.253 e. The van der Waals surface area contributed by atoms with Gasteiger partial charge in [0.25, 0.3) is 5.91 Å². The molecule has 3 aliphatic heterocycles. The van der Waals surface area contributed by atoms with Crippen LogP contribution in [0.4, 0.5) is 11.4 Å². The summed E-state index contributed by atoms with van der Waals surface area (Å²) in [5.41, 5.74) is 10.1. The number of nitrogens with zero attached hydrogens (tertiary/aromatic N) is 6. The summed E-state index contributed by atoms with van der Waals surface area (Å²) >= 11 is 0. The van der Waals surface area contributed by atoms with Gasteiger partial charge in [0.1, 0.15) is 0 Å². The molecule has 63 heavy (non-hydrogen) atoms. The molecule has 4 heterocycles. The van der Waals surface area contributed by atoms with Crippen LogP contribution in [-0.4, -0.2) is 110 Å². The maximum atomic E-state index is 13.6. The van der Waals surface area contributed by atoms with Gasteiger partial charge in [-0.05, 0) is 91.3 Å². The van der Waals surface area contributed by atoms with Gasteiger partial charge in [0.15, 0.2) is 0 Å². The van der Waals surface area contributed by atoms with E-state index in [0.717, 1.165) is 83.6 Å². The molecule has 1 saturated carbocycles. The highest BCUT2D eigenvalue weighted by atomic mass is 16.2. The highest BCUT2D eigenvalue weighted by Gasteiger charge is 2.33.